The van der Waals surface area contributed by atoms with E-state index in [2.05, 4.69) is 0 Å². The van der Waals surface area contributed by atoms with Crippen molar-refractivity contribution in [3.8, 4) is 0 Å². The van der Waals surface area contributed by atoms with E-state index < -0.39 is 5.41 Å². The summed E-state index contributed by atoms with van der Waals surface area (Å²) < 4.78 is 0. The van der Waals surface area contributed by atoms with E-state index in [4.69, 9.17) is 0 Å². The number of anilines is 1. The molecular formula is C20H27NO3. The van der Waals surface area contributed by atoms with Crippen LogP contribution >= 0.6 is 0 Å². The summed E-state index contributed by atoms with van der Waals surface area (Å²) in [6.07, 6.45) is 5.07. The van der Waals surface area contributed by atoms with Gasteiger partial charge >= 0.3 is 0 Å². The van der Waals surface area contributed by atoms with E-state index in [1.54, 1.807) is 18.9 Å². The molecule has 0 fully saturated rings. The monoisotopic (exact) mass is 329 g/mol. The molecule has 130 valence electrons. The van der Waals surface area contributed by atoms with E-state index in [1.165, 1.54) is 0 Å². The maximum atomic E-state index is 12.6. The summed E-state index contributed by atoms with van der Waals surface area (Å²) in [6, 6.07) is 7.71. The SMILES string of the molecule is CC(=O)CCCCCCC(=O)CC1(C)C(=O)N(C)c2ccccc21. The zero-order valence-electron chi connectivity index (χ0n) is 14.9. The van der Waals surface area contributed by atoms with Gasteiger partial charge in [0.15, 0.2) is 0 Å². The number of likely N-dealkylation sites (N-methyl/N-ethyl adjacent to an activating group) is 1. The van der Waals surface area contributed by atoms with Gasteiger partial charge in [0, 0.05) is 32.0 Å². The summed E-state index contributed by atoms with van der Waals surface area (Å²) in [5, 5.41) is 0. The minimum atomic E-state index is -0.739. The Morgan fingerprint density at radius 1 is 1.04 bits per heavy atom. The van der Waals surface area contributed by atoms with Crippen molar-refractivity contribution in [1.82, 2.24) is 0 Å². The van der Waals surface area contributed by atoms with Crippen LogP contribution in [0.25, 0.3) is 0 Å². The lowest BCUT2D eigenvalue weighted by molar-refractivity contribution is -0.128. The number of amides is 1. The molecule has 1 heterocycles. The summed E-state index contributed by atoms with van der Waals surface area (Å²) in [6.45, 7) is 3.49. The van der Waals surface area contributed by atoms with E-state index in [0.29, 0.717) is 12.8 Å². The number of hydrogen-bond acceptors (Lipinski definition) is 3. The van der Waals surface area contributed by atoms with Crippen LogP contribution in [0.3, 0.4) is 0 Å². The van der Waals surface area contributed by atoms with E-state index in [9.17, 15) is 14.4 Å². The molecule has 1 amide bonds. The molecule has 0 spiro atoms. The van der Waals surface area contributed by atoms with Crippen LogP contribution in [0, 0.1) is 0 Å². The Hall–Kier alpha value is -1.97. The van der Waals surface area contributed by atoms with Crippen molar-refractivity contribution >= 4 is 23.2 Å². The molecule has 1 unspecified atom stereocenters. The largest absolute Gasteiger partial charge is 0.314 e. The molecule has 4 heteroatoms. The van der Waals surface area contributed by atoms with Crippen LogP contribution in [-0.2, 0) is 19.8 Å². The Morgan fingerprint density at radius 2 is 1.67 bits per heavy atom. The van der Waals surface area contributed by atoms with Crippen molar-refractivity contribution in [3.63, 3.8) is 0 Å². The number of carbonyl (C=O) groups excluding carboxylic acids is 3. The lowest BCUT2D eigenvalue weighted by atomic mass is 9.78. The van der Waals surface area contributed by atoms with Gasteiger partial charge in [-0.05, 0) is 38.3 Å². The number of rotatable bonds is 9. The second-order valence-electron chi connectivity index (χ2n) is 7.05. The van der Waals surface area contributed by atoms with E-state index in [-0.39, 0.29) is 23.9 Å². The van der Waals surface area contributed by atoms with Crippen LogP contribution < -0.4 is 4.90 Å². The molecule has 0 aliphatic carbocycles. The first-order chi connectivity index (χ1) is 11.4. The molecule has 24 heavy (non-hydrogen) atoms. The smallest absolute Gasteiger partial charge is 0.237 e. The van der Waals surface area contributed by atoms with Gasteiger partial charge in [0.2, 0.25) is 5.91 Å². The standard InChI is InChI=1S/C20H27NO3/c1-15(22)10-6-4-5-7-11-16(23)14-20(2)17-12-8-9-13-18(17)21(3)19(20)24/h8-9,12-13H,4-7,10-11,14H2,1-3H3. The Labute approximate surface area is 144 Å². The number of ketones is 2. The van der Waals surface area contributed by atoms with Crippen LogP contribution in [0.4, 0.5) is 5.69 Å². The normalized spacial score (nSPS) is 19.5. The number of nitrogens with zero attached hydrogens (tertiary/aromatic N) is 1. The van der Waals surface area contributed by atoms with E-state index in [1.807, 2.05) is 31.2 Å². The molecule has 1 aliphatic rings. The molecular weight excluding hydrogens is 302 g/mol. The second kappa shape index (κ2) is 7.73. The Morgan fingerprint density at radius 3 is 2.33 bits per heavy atom. The molecule has 0 aromatic heterocycles. The van der Waals surface area contributed by atoms with Gasteiger partial charge in [-0.3, -0.25) is 9.59 Å². The molecule has 0 radical (unpaired) electrons. The highest BCUT2D eigenvalue weighted by molar-refractivity contribution is 6.09. The van der Waals surface area contributed by atoms with Crippen LogP contribution in [-0.4, -0.2) is 24.5 Å². The van der Waals surface area contributed by atoms with Crippen LogP contribution in [0.2, 0.25) is 0 Å². The number of para-hydroxylation sites is 1. The minimum absolute atomic E-state index is 0.00138. The number of benzene rings is 1. The third kappa shape index (κ3) is 3.92. The van der Waals surface area contributed by atoms with Crippen LogP contribution in [0.5, 0.6) is 0 Å². The van der Waals surface area contributed by atoms with Crippen molar-refractivity contribution in [1.29, 1.82) is 0 Å². The Kier molecular flexibility index (Phi) is 5.92. The van der Waals surface area contributed by atoms with Crippen LogP contribution in [0.1, 0.15) is 64.4 Å². The summed E-state index contributed by atoms with van der Waals surface area (Å²) in [4.78, 5) is 37.6. The van der Waals surface area contributed by atoms with Crippen LogP contribution in [0.15, 0.2) is 24.3 Å². The maximum Gasteiger partial charge on any atom is 0.237 e. The molecule has 0 bridgehead atoms. The third-order valence-corrected chi connectivity index (χ3v) is 4.92. The van der Waals surface area contributed by atoms with Crippen molar-refractivity contribution < 1.29 is 14.4 Å². The number of fused-ring (bicyclic) bond motifs is 1. The van der Waals surface area contributed by atoms with Gasteiger partial charge in [0.25, 0.3) is 0 Å². The lowest BCUT2D eigenvalue weighted by Gasteiger charge is -2.22. The molecule has 4 nitrogen and oxygen atoms in total. The molecule has 1 aromatic carbocycles. The predicted octanol–water partition coefficient (Wildman–Crippen LogP) is 3.81. The van der Waals surface area contributed by atoms with Gasteiger partial charge in [-0.2, -0.15) is 0 Å². The highest BCUT2D eigenvalue weighted by Crippen LogP contribution is 2.43. The first-order valence-electron chi connectivity index (χ1n) is 8.75. The minimum Gasteiger partial charge on any atom is -0.314 e. The summed E-state index contributed by atoms with van der Waals surface area (Å²) in [5.74, 6) is 0.363. The van der Waals surface area contributed by atoms with Crippen molar-refractivity contribution in [3.05, 3.63) is 29.8 Å². The first kappa shape index (κ1) is 18.4. The van der Waals surface area contributed by atoms with Crippen molar-refractivity contribution in [2.45, 2.75) is 64.2 Å². The Bertz CT molecular complexity index is 638. The van der Waals surface area contributed by atoms with Gasteiger partial charge in [0.1, 0.15) is 11.6 Å². The summed E-state index contributed by atoms with van der Waals surface area (Å²) in [5.41, 5.74) is 1.12. The number of unbranched alkanes of at least 4 members (excludes halogenated alkanes) is 3. The Balaban J connectivity index is 1.87. The fourth-order valence-electron chi connectivity index (χ4n) is 3.53. The molecule has 0 saturated carbocycles. The molecule has 0 N–H and O–H groups in total. The zero-order chi connectivity index (χ0) is 17.7. The van der Waals surface area contributed by atoms with Gasteiger partial charge in [-0.15, -0.1) is 0 Å². The summed E-state index contributed by atoms with van der Waals surface area (Å²) >= 11 is 0. The van der Waals surface area contributed by atoms with Gasteiger partial charge < -0.3 is 9.69 Å². The number of hydrogen-bond donors (Lipinski definition) is 0. The highest BCUT2D eigenvalue weighted by Gasteiger charge is 2.46. The fraction of sp³-hybridized carbons (Fsp3) is 0.550. The highest BCUT2D eigenvalue weighted by atomic mass is 16.2. The lowest BCUT2D eigenvalue weighted by Crippen LogP contribution is -2.37. The molecule has 2 rings (SSSR count). The van der Waals surface area contributed by atoms with Gasteiger partial charge in [-0.25, -0.2) is 0 Å². The molecule has 0 saturated heterocycles. The van der Waals surface area contributed by atoms with E-state index >= 15 is 0 Å². The zero-order valence-corrected chi connectivity index (χ0v) is 14.9. The predicted molar refractivity (Wildman–Crippen MR) is 95.2 cm³/mol. The van der Waals surface area contributed by atoms with Gasteiger partial charge in [-0.1, -0.05) is 31.0 Å². The van der Waals surface area contributed by atoms with E-state index in [0.717, 1.165) is 36.9 Å². The first-order valence-corrected chi connectivity index (χ1v) is 8.75. The topological polar surface area (TPSA) is 54.5 Å². The maximum absolute atomic E-state index is 12.6. The third-order valence-electron chi connectivity index (χ3n) is 4.92. The molecule has 1 aliphatic heterocycles. The number of carbonyl (C=O) groups is 3. The average molecular weight is 329 g/mol. The fourth-order valence-corrected chi connectivity index (χ4v) is 3.53. The van der Waals surface area contributed by atoms with Crippen molar-refractivity contribution in [2.24, 2.45) is 0 Å². The van der Waals surface area contributed by atoms with Gasteiger partial charge in [0.05, 0.1) is 5.41 Å². The average Bonchev–Trinajstić information content (AvgIpc) is 2.73. The van der Waals surface area contributed by atoms with Crippen molar-refractivity contribution in [2.75, 3.05) is 11.9 Å². The summed E-state index contributed by atoms with van der Waals surface area (Å²) in [7, 11) is 1.77. The molecule has 1 atom stereocenters. The molecule has 1 aromatic rings. The second-order valence-corrected chi connectivity index (χ2v) is 7.05. The quantitative estimate of drug-likeness (QED) is 0.647. The number of Topliss-reactive ketones (excluding diaryl/α,β-unsaturated/α-hetero) is 2.